The topological polar surface area (TPSA) is 197 Å². The number of esters is 2. The molecule has 0 aliphatic heterocycles. The predicted molar refractivity (Wildman–Crippen MR) is 227 cm³/mol. The van der Waals surface area contributed by atoms with E-state index >= 15 is 0 Å². The Morgan fingerprint density at radius 3 is 1.56 bits per heavy atom. The number of methoxy groups -OCH3 is 2. The van der Waals surface area contributed by atoms with Crippen LogP contribution in [0.25, 0.3) is 0 Å². The maximum absolute atomic E-state index is 11.8. The first kappa shape index (κ1) is 71.7. The SMILES string of the molecule is COC(=O)C(Br)c1ccccc1.COC(=O)C(SC(=S)SCCC(=O)O)c1ccccc1.O=C(O)CCS.O=C([O-])CCSC(=S)[S-].S=C=S.[K+].[K+].[K+].[OH-]. The molecule has 2 aromatic rings. The van der Waals surface area contributed by atoms with Crippen LogP contribution in [0.15, 0.2) is 60.7 Å². The summed E-state index contributed by atoms with van der Waals surface area (Å²) in [5.41, 5.74) is 1.72. The molecule has 2 rings (SSSR count). The van der Waals surface area contributed by atoms with Crippen LogP contribution in [0.1, 0.15) is 40.5 Å². The molecule has 0 aliphatic carbocycles. The maximum Gasteiger partial charge on any atom is 1.00 e. The van der Waals surface area contributed by atoms with E-state index in [2.05, 4.69) is 82.6 Å². The Labute approximate surface area is 497 Å². The largest absolute Gasteiger partial charge is 1.00 e. The van der Waals surface area contributed by atoms with Crippen molar-refractivity contribution >= 4 is 167 Å². The molecular weight excluding hydrogens is 1020 g/mol. The number of thiocarbonyl (C=S) groups is 4. The van der Waals surface area contributed by atoms with E-state index in [1.165, 1.54) is 49.5 Å². The molecule has 11 nitrogen and oxygen atoms in total. The van der Waals surface area contributed by atoms with Gasteiger partial charge in [-0.05, 0) is 42.0 Å². The second-order valence-corrected chi connectivity index (χ2v) is 16.3. The number of aliphatic carboxylic acids is 3. The fourth-order valence-corrected chi connectivity index (χ4v) is 6.60. The van der Waals surface area contributed by atoms with Gasteiger partial charge in [0.05, 0.1) is 27.1 Å². The third kappa shape index (κ3) is 47.8. The molecule has 0 radical (unpaired) electrons. The molecule has 0 aromatic heterocycles. The van der Waals surface area contributed by atoms with Crippen LogP contribution >= 0.6 is 113 Å². The summed E-state index contributed by atoms with van der Waals surface area (Å²) in [5, 5.41) is 25.7. The minimum atomic E-state index is -1.06. The van der Waals surface area contributed by atoms with E-state index in [1.54, 1.807) is 0 Å². The normalized spacial score (nSPS) is 9.56. The smallest absolute Gasteiger partial charge is 0.870 e. The molecule has 54 heavy (non-hydrogen) atoms. The Kier molecular flexibility index (Phi) is 67.0. The number of hydrogen-bond donors (Lipinski definition) is 3. The molecule has 0 spiro atoms. The van der Waals surface area contributed by atoms with Crippen LogP contribution in [-0.4, -0.2) is 88.4 Å². The van der Waals surface area contributed by atoms with Crippen LogP contribution in [0.2, 0.25) is 0 Å². The molecule has 0 fully saturated rings. The van der Waals surface area contributed by atoms with Crippen molar-refractivity contribution < 1.29 is 208 Å². The number of carboxylic acid groups (broad SMARTS) is 3. The van der Waals surface area contributed by atoms with Gasteiger partial charge < -0.3 is 59.9 Å². The Morgan fingerprint density at radius 2 is 1.22 bits per heavy atom. The minimum Gasteiger partial charge on any atom is -0.870 e. The Hall–Kier alpha value is 3.16. The third-order valence-corrected chi connectivity index (χ3v) is 9.92. The summed E-state index contributed by atoms with van der Waals surface area (Å²) in [4.78, 5) is 52.3. The molecule has 0 saturated heterocycles. The van der Waals surface area contributed by atoms with Crippen LogP contribution < -0.4 is 159 Å². The molecule has 2 unspecified atom stereocenters. The van der Waals surface area contributed by atoms with Gasteiger partial charge in [-0.25, -0.2) is 0 Å². The molecule has 0 aliphatic rings. The quantitative estimate of drug-likeness (QED) is 0.0470. The van der Waals surface area contributed by atoms with Crippen molar-refractivity contribution in [1.29, 1.82) is 0 Å². The van der Waals surface area contributed by atoms with Crippen molar-refractivity contribution in [3.63, 3.8) is 0 Å². The number of alkyl halides is 1. The van der Waals surface area contributed by atoms with Crippen LogP contribution in [0.4, 0.5) is 0 Å². The van der Waals surface area contributed by atoms with Crippen LogP contribution in [-0.2, 0) is 46.1 Å². The summed E-state index contributed by atoms with van der Waals surface area (Å²) in [5.74, 6) is -2.12. The van der Waals surface area contributed by atoms with Crippen molar-refractivity contribution in [2.24, 2.45) is 0 Å². The summed E-state index contributed by atoms with van der Waals surface area (Å²) >= 11 is 32.7. The zero-order valence-corrected chi connectivity index (χ0v) is 48.3. The van der Waals surface area contributed by atoms with Gasteiger partial charge >= 0.3 is 178 Å². The maximum atomic E-state index is 11.8. The third-order valence-electron chi connectivity index (χ3n) is 4.62. The number of carboxylic acids is 3. The van der Waals surface area contributed by atoms with Gasteiger partial charge in [0.15, 0.2) is 0 Å². The molecule has 3 N–H and O–H groups in total. The van der Waals surface area contributed by atoms with Gasteiger partial charge in [-0.3, -0.25) is 19.2 Å². The van der Waals surface area contributed by atoms with Crippen LogP contribution in [0.3, 0.4) is 0 Å². The number of ether oxygens (including phenoxy) is 2. The number of thiol groups is 1. The Morgan fingerprint density at radius 1 is 0.815 bits per heavy atom. The van der Waals surface area contributed by atoms with Gasteiger partial charge in [-0.2, -0.15) is 12.6 Å². The van der Waals surface area contributed by atoms with Crippen LogP contribution in [0, 0.1) is 0 Å². The fourth-order valence-electron chi connectivity index (χ4n) is 2.51. The van der Waals surface area contributed by atoms with Crippen molar-refractivity contribution in [3.05, 3.63) is 71.8 Å². The summed E-state index contributed by atoms with van der Waals surface area (Å²) in [7, 11) is 2.71. The second kappa shape index (κ2) is 50.5. The van der Waals surface area contributed by atoms with Crippen LogP contribution in [0.5, 0.6) is 0 Å². The standard InChI is InChI=1S/C13H14O4S3.C9H9BrO2.C4H6O2S3.C3H6O2S.CS2.3K.H2O/c1-17-12(16)11(9-5-3-2-4-6-9)20-13(18)19-8-7-10(14)15;1-12-9(11)8(10)7-5-3-2-4-6-7;5-3(6)1-2-9-4(7)8;4-3(5)1-2-6;2-1-3;;;;/h2-6,11H,7-8H2,1H3,(H,14,15);2-6,8H,1H3;1-2H2,(H,5,6)(H,7,8);6H,1-2H2,(H,4,5);;;;;1H2/q;;;;;3*+1;/p-3. The average molecular weight is 1060 g/mol. The average Bonchev–Trinajstić information content (AvgIpc) is 3.07. The molecule has 0 amide bonds. The number of benzene rings is 2. The first-order valence-corrected chi connectivity index (χ1v) is 19.9. The van der Waals surface area contributed by atoms with E-state index in [-0.39, 0.29) is 196 Å². The molecule has 0 bridgehead atoms. The fraction of sp³-hybridized carbons (Fsp3) is 0.333. The molecule has 2 atom stereocenters. The molecule has 0 saturated carbocycles. The summed E-state index contributed by atoms with van der Waals surface area (Å²) in [6, 6.07) is 18.6. The van der Waals surface area contributed by atoms with Gasteiger partial charge in [-0.15, -0.1) is 23.5 Å². The molecule has 284 valence electrons. The van der Waals surface area contributed by atoms with Gasteiger partial charge in [0.25, 0.3) is 0 Å². The van der Waals surface area contributed by atoms with E-state index in [4.69, 9.17) is 27.2 Å². The van der Waals surface area contributed by atoms with E-state index in [0.29, 0.717) is 24.3 Å². The number of thioether (sulfide) groups is 3. The second-order valence-electron chi connectivity index (χ2n) is 8.14. The summed E-state index contributed by atoms with van der Waals surface area (Å²) in [6.45, 7) is 0. The van der Waals surface area contributed by atoms with Crippen molar-refractivity contribution in [3.8, 4) is 0 Å². The first-order valence-electron chi connectivity index (χ1n) is 13.4. The molecule has 24 heteroatoms. The van der Waals surface area contributed by atoms with Gasteiger partial charge in [0.2, 0.25) is 0 Å². The Bertz CT molecular complexity index is 1350. The summed E-state index contributed by atoms with van der Waals surface area (Å²) in [6.07, 6.45) is 0.212. The molecule has 2 aromatic carbocycles. The number of carbonyl (C=O) groups excluding carboxylic acids is 3. The van der Waals surface area contributed by atoms with Crippen molar-refractivity contribution in [2.75, 3.05) is 31.5 Å². The Balaban J connectivity index is -0.000000112. The number of rotatable bonds is 13. The number of carbonyl (C=O) groups is 5. The zero-order chi connectivity index (χ0) is 38.9. The summed E-state index contributed by atoms with van der Waals surface area (Å²) < 4.78 is 12.2. The number of halogens is 1. The molecule has 0 heterocycles. The zero-order valence-electron chi connectivity index (χ0n) is 29.9. The predicted octanol–water partition coefficient (Wildman–Crippen LogP) is -2.64. The van der Waals surface area contributed by atoms with E-state index in [9.17, 15) is 29.1 Å². The van der Waals surface area contributed by atoms with Gasteiger partial charge in [0.1, 0.15) is 13.6 Å². The minimum absolute atomic E-state index is 0. The van der Waals surface area contributed by atoms with E-state index < -0.39 is 23.2 Å². The van der Waals surface area contributed by atoms with Crippen molar-refractivity contribution in [1.82, 2.24) is 0 Å². The monoisotopic (exact) mass is 1050 g/mol. The van der Waals surface area contributed by atoms with Crippen molar-refractivity contribution in [2.45, 2.75) is 29.3 Å². The van der Waals surface area contributed by atoms with Gasteiger partial charge in [0, 0.05) is 27.5 Å². The first-order chi connectivity index (χ1) is 23.6. The van der Waals surface area contributed by atoms with E-state index in [0.717, 1.165) is 11.1 Å². The molecular formula is C30H34BrK3O11S9. The van der Waals surface area contributed by atoms with Gasteiger partial charge in [-0.1, -0.05) is 104 Å². The van der Waals surface area contributed by atoms with E-state index in [1.807, 2.05) is 65.0 Å². The number of hydrogen-bond acceptors (Lipinski definition) is 18.